The fourth-order valence-electron chi connectivity index (χ4n) is 3.24. The molecule has 0 spiro atoms. The first-order chi connectivity index (χ1) is 9.58. The Hall–Kier alpha value is -1.71. The summed E-state index contributed by atoms with van der Waals surface area (Å²) >= 11 is 0. The molecule has 3 unspecified atom stereocenters. The standard InChI is InChI=1S/C16H24N2O2/c1-4-11-8-9-14(10(11)2)18-16(19)12-6-5-7-13(17)15(12)20-3/h5-7,10-11,14H,4,8-9,17H2,1-3H3,(H,18,19). The Labute approximate surface area is 120 Å². The number of nitrogens with two attached hydrogens (primary N) is 1. The van der Waals surface area contributed by atoms with Crippen LogP contribution in [0.25, 0.3) is 0 Å². The van der Waals surface area contributed by atoms with Crippen molar-refractivity contribution >= 4 is 11.6 Å². The van der Waals surface area contributed by atoms with Crippen molar-refractivity contribution in [1.29, 1.82) is 0 Å². The van der Waals surface area contributed by atoms with E-state index in [0.717, 1.165) is 6.42 Å². The summed E-state index contributed by atoms with van der Waals surface area (Å²) in [7, 11) is 1.54. The van der Waals surface area contributed by atoms with Crippen LogP contribution >= 0.6 is 0 Å². The lowest BCUT2D eigenvalue weighted by Crippen LogP contribution is -2.37. The smallest absolute Gasteiger partial charge is 0.255 e. The largest absolute Gasteiger partial charge is 0.494 e. The molecule has 20 heavy (non-hydrogen) atoms. The molecule has 0 radical (unpaired) electrons. The maximum atomic E-state index is 12.4. The lowest BCUT2D eigenvalue weighted by atomic mass is 9.93. The molecule has 0 bridgehead atoms. The molecule has 4 nitrogen and oxygen atoms in total. The molecule has 0 saturated heterocycles. The Morgan fingerprint density at radius 1 is 1.45 bits per heavy atom. The number of hydrogen-bond acceptors (Lipinski definition) is 3. The molecule has 1 aliphatic rings. The number of nitrogens with one attached hydrogen (secondary N) is 1. The fourth-order valence-corrected chi connectivity index (χ4v) is 3.24. The van der Waals surface area contributed by atoms with Gasteiger partial charge in [0.2, 0.25) is 0 Å². The van der Waals surface area contributed by atoms with Crippen LogP contribution in [-0.4, -0.2) is 19.1 Å². The molecule has 3 atom stereocenters. The Kier molecular flexibility index (Phi) is 4.53. The van der Waals surface area contributed by atoms with Gasteiger partial charge in [-0.05, 0) is 36.8 Å². The highest BCUT2D eigenvalue weighted by Gasteiger charge is 2.33. The molecule has 1 fully saturated rings. The van der Waals surface area contributed by atoms with Crippen molar-refractivity contribution in [1.82, 2.24) is 5.32 Å². The molecule has 3 N–H and O–H groups in total. The van der Waals surface area contributed by atoms with Crippen molar-refractivity contribution in [3.8, 4) is 5.75 Å². The van der Waals surface area contributed by atoms with Gasteiger partial charge >= 0.3 is 0 Å². The predicted octanol–water partition coefficient (Wildman–Crippen LogP) is 2.83. The van der Waals surface area contributed by atoms with E-state index in [1.165, 1.54) is 20.0 Å². The van der Waals surface area contributed by atoms with Crippen LogP contribution in [0.3, 0.4) is 0 Å². The van der Waals surface area contributed by atoms with E-state index in [-0.39, 0.29) is 11.9 Å². The summed E-state index contributed by atoms with van der Waals surface area (Å²) in [4.78, 5) is 12.4. The van der Waals surface area contributed by atoms with Gasteiger partial charge in [0.15, 0.2) is 5.75 Å². The van der Waals surface area contributed by atoms with E-state index in [2.05, 4.69) is 19.2 Å². The molecule has 2 rings (SSSR count). The normalized spacial score (nSPS) is 25.4. The van der Waals surface area contributed by atoms with Gasteiger partial charge in [0.25, 0.3) is 5.91 Å². The summed E-state index contributed by atoms with van der Waals surface area (Å²) in [5, 5.41) is 3.14. The number of anilines is 1. The van der Waals surface area contributed by atoms with Gasteiger partial charge in [0.1, 0.15) is 0 Å². The second-order valence-electron chi connectivity index (χ2n) is 5.61. The molecule has 0 aromatic heterocycles. The van der Waals surface area contributed by atoms with Gasteiger partial charge < -0.3 is 15.8 Å². The number of hydrogen-bond donors (Lipinski definition) is 2. The topological polar surface area (TPSA) is 64.4 Å². The summed E-state index contributed by atoms with van der Waals surface area (Å²) in [6.07, 6.45) is 3.42. The quantitative estimate of drug-likeness (QED) is 0.831. The molecule has 4 heteroatoms. The van der Waals surface area contributed by atoms with E-state index in [0.29, 0.717) is 28.8 Å². The van der Waals surface area contributed by atoms with Gasteiger partial charge in [-0.15, -0.1) is 0 Å². The molecule has 1 aliphatic carbocycles. The minimum absolute atomic E-state index is 0.0947. The number of methoxy groups -OCH3 is 1. The van der Waals surface area contributed by atoms with E-state index < -0.39 is 0 Å². The van der Waals surface area contributed by atoms with Crippen LogP contribution in [0.5, 0.6) is 5.75 Å². The third kappa shape index (κ3) is 2.74. The van der Waals surface area contributed by atoms with Crippen LogP contribution in [0.15, 0.2) is 18.2 Å². The molecule has 0 aliphatic heterocycles. The second kappa shape index (κ2) is 6.16. The lowest BCUT2D eigenvalue weighted by Gasteiger charge is -2.21. The summed E-state index contributed by atoms with van der Waals surface area (Å²) < 4.78 is 5.25. The van der Waals surface area contributed by atoms with E-state index in [4.69, 9.17) is 10.5 Å². The first-order valence-electron chi connectivity index (χ1n) is 7.31. The average Bonchev–Trinajstić information content (AvgIpc) is 2.79. The van der Waals surface area contributed by atoms with Gasteiger partial charge in [-0.1, -0.05) is 26.3 Å². The number of para-hydroxylation sites is 1. The summed E-state index contributed by atoms with van der Waals surface area (Å²) in [6, 6.07) is 5.51. The number of amides is 1. The van der Waals surface area contributed by atoms with Gasteiger partial charge in [-0.3, -0.25) is 4.79 Å². The summed E-state index contributed by atoms with van der Waals surface area (Å²) in [6.45, 7) is 4.44. The van der Waals surface area contributed by atoms with Crippen molar-refractivity contribution in [2.24, 2.45) is 11.8 Å². The number of nitrogen functional groups attached to an aromatic ring is 1. The Balaban J connectivity index is 2.12. The monoisotopic (exact) mass is 276 g/mol. The van der Waals surface area contributed by atoms with Crippen LogP contribution in [0.1, 0.15) is 43.5 Å². The number of carbonyl (C=O) groups excluding carboxylic acids is 1. The van der Waals surface area contributed by atoms with Crippen LogP contribution in [0.4, 0.5) is 5.69 Å². The van der Waals surface area contributed by atoms with Crippen LogP contribution < -0.4 is 15.8 Å². The Morgan fingerprint density at radius 2 is 2.20 bits per heavy atom. The first kappa shape index (κ1) is 14.7. The van der Waals surface area contributed by atoms with Crippen molar-refractivity contribution in [2.45, 2.75) is 39.2 Å². The molecule has 1 aromatic rings. The molecule has 1 saturated carbocycles. The minimum Gasteiger partial charge on any atom is -0.494 e. The van der Waals surface area contributed by atoms with E-state index in [1.807, 2.05) is 0 Å². The van der Waals surface area contributed by atoms with Gasteiger partial charge in [0, 0.05) is 6.04 Å². The molecule has 110 valence electrons. The van der Waals surface area contributed by atoms with E-state index in [9.17, 15) is 4.79 Å². The maximum absolute atomic E-state index is 12.4. The Morgan fingerprint density at radius 3 is 2.80 bits per heavy atom. The molecular formula is C16H24N2O2. The molecular weight excluding hydrogens is 252 g/mol. The highest BCUT2D eigenvalue weighted by Crippen LogP contribution is 2.34. The summed E-state index contributed by atoms with van der Waals surface area (Å²) in [5.74, 6) is 1.60. The van der Waals surface area contributed by atoms with Crippen LogP contribution in [-0.2, 0) is 0 Å². The number of rotatable bonds is 4. The van der Waals surface area contributed by atoms with Crippen molar-refractivity contribution < 1.29 is 9.53 Å². The Bertz CT molecular complexity index is 487. The van der Waals surface area contributed by atoms with Crippen molar-refractivity contribution in [3.63, 3.8) is 0 Å². The van der Waals surface area contributed by atoms with Gasteiger partial charge in [-0.25, -0.2) is 0 Å². The third-order valence-electron chi connectivity index (χ3n) is 4.56. The minimum atomic E-state index is -0.0947. The summed E-state index contributed by atoms with van der Waals surface area (Å²) in [5.41, 5.74) is 6.85. The highest BCUT2D eigenvalue weighted by molar-refractivity contribution is 5.98. The first-order valence-corrected chi connectivity index (χ1v) is 7.31. The molecule has 1 amide bonds. The fraction of sp³-hybridized carbons (Fsp3) is 0.562. The average molecular weight is 276 g/mol. The van der Waals surface area contributed by atoms with E-state index in [1.54, 1.807) is 18.2 Å². The predicted molar refractivity (Wildman–Crippen MR) is 80.8 cm³/mol. The van der Waals surface area contributed by atoms with Crippen LogP contribution in [0.2, 0.25) is 0 Å². The second-order valence-corrected chi connectivity index (χ2v) is 5.61. The zero-order chi connectivity index (χ0) is 14.7. The number of benzene rings is 1. The zero-order valence-electron chi connectivity index (χ0n) is 12.5. The third-order valence-corrected chi connectivity index (χ3v) is 4.56. The molecule has 0 heterocycles. The van der Waals surface area contributed by atoms with Gasteiger partial charge in [-0.2, -0.15) is 0 Å². The zero-order valence-corrected chi connectivity index (χ0v) is 12.5. The SMILES string of the molecule is CCC1CCC(NC(=O)c2cccc(N)c2OC)C1C. The number of carbonyl (C=O) groups is 1. The number of ether oxygens (including phenoxy) is 1. The van der Waals surface area contributed by atoms with Crippen molar-refractivity contribution in [2.75, 3.05) is 12.8 Å². The van der Waals surface area contributed by atoms with Crippen molar-refractivity contribution in [3.05, 3.63) is 23.8 Å². The molecule has 1 aromatic carbocycles. The highest BCUT2D eigenvalue weighted by atomic mass is 16.5. The van der Waals surface area contributed by atoms with E-state index >= 15 is 0 Å². The lowest BCUT2D eigenvalue weighted by molar-refractivity contribution is 0.0923. The van der Waals surface area contributed by atoms with Gasteiger partial charge in [0.05, 0.1) is 18.4 Å². The van der Waals surface area contributed by atoms with Crippen LogP contribution in [0, 0.1) is 11.8 Å². The maximum Gasteiger partial charge on any atom is 0.255 e.